The number of amides is 1. The van der Waals surface area contributed by atoms with E-state index in [9.17, 15) is 17.6 Å². The van der Waals surface area contributed by atoms with Gasteiger partial charge in [0, 0.05) is 16.1 Å². The summed E-state index contributed by atoms with van der Waals surface area (Å²) in [7, 11) is -4.04. The smallest absolute Gasteiger partial charge is 0.262 e. The molecule has 0 saturated heterocycles. The van der Waals surface area contributed by atoms with Crippen molar-refractivity contribution in [2.45, 2.75) is 31.7 Å². The summed E-state index contributed by atoms with van der Waals surface area (Å²) in [6.45, 7) is 5.34. The highest BCUT2D eigenvalue weighted by Crippen LogP contribution is 2.23. The molecule has 0 spiro atoms. The van der Waals surface area contributed by atoms with E-state index in [4.69, 9.17) is 0 Å². The van der Waals surface area contributed by atoms with Crippen LogP contribution in [0.25, 0.3) is 0 Å². The monoisotopic (exact) mass is 428 g/mol. The second-order valence-corrected chi connectivity index (χ2v) is 8.43. The molecule has 25 heavy (non-hydrogen) atoms. The van der Waals surface area contributed by atoms with Crippen LogP contribution < -0.4 is 10.0 Å². The van der Waals surface area contributed by atoms with E-state index < -0.39 is 15.8 Å². The Morgan fingerprint density at radius 2 is 1.84 bits per heavy atom. The van der Waals surface area contributed by atoms with E-state index in [2.05, 4.69) is 26.0 Å². The average Bonchev–Trinajstić information content (AvgIpc) is 2.49. The van der Waals surface area contributed by atoms with Gasteiger partial charge in [0.2, 0.25) is 0 Å². The topological polar surface area (TPSA) is 75.3 Å². The zero-order valence-electron chi connectivity index (χ0n) is 13.9. The molecule has 2 rings (SSSR count). The number of carbonyl (C=O) groups excluding carboxylic acids is 1. The van der Waals surface area contributed by atoms with Gasteiger partial charge in [-0.1, -0.05) is 22.0 Å². The Balaban J connectivity index is 2.38. The number of sulfonamides is 1. The van der Waals surface area contributed by atoms with Crippen LogP contribution in [0.1, 0.15) is 29.8 Å². The minimum atomic E-state index is -4.04. The lowest BCUT2D eigenvalue weighted by Crippen LogP contribution is -2.30. The fourth-order valence-electron chi connectivity index (χ4n) is 2.13. The van der Waals surface area contributed by atoms with Crippen molar-refractivity contribution in [2.75, 3.05) is 4.72 Å². The number of rotatable bonds is 5. The maximum Gasteiger partial charge on any atom is 0.262 e. The Kier molecular flexibility index (Phi) is 5.84. The number of hydrogen-bond donors (Lipinski definition) is 2. The number of halogens is 2. The van der Waals surface area contributed by atoms with Gasteiger partial charge in [0.25, 0.3) is 15.9 Å². The zero-order chi connectivity index (χ0) is 18.8. The highest BCUT2D eigenvalue weighted by Gasteiger charge is 2.20. The Morgan fingerprint density at radius 3 is 2.44 bits per heavy atom. The standard InChI is InChI=1S/C17H18BrFN2O3S/c1-10(2)20-17(22)14-9-13(6-4-11(14)3)25(23,24)21-16-7-5-12(18)8-15(16)19/h4-10,21H,1-3H3,(H,20,22). The largest absolute Gasteiger partial charge is 0.350 e. The van der Waals surface area contributed by atoms with Gasteiger partial charge in [0.1, 0.15) is 5.82 Å². The summed E-state index contributed by atoms with van der Waals surface area (Å²) in [4.78, 5) is 12.1. The molecule has 2 aromatic rings. The van der Waals surface area contributed by atoms with Gasteiger partial charge in [0.05, 0.1) is 10.6 Å². The highest BCUT2D eigenvalue weighted by molar-refractivity contribution is 9.10. The normalized spacial score (nSPS) is 11.4. The van der Waals surface area contributed by atoms with E-state index in [1.54, 1.807) is 13.0 Å². The molecule has 0 radical (unpaired) electrons. The molecule has 0 atom stereocenters. The van der Waals surface area contributed by atoms with Crippen LogP contribution >= 0.6 is 15.9 Å². The predicted octanol–water partition coefficient (Wildman–Crippen LogP) is 3.84. The third-order valence-electron chi connectivity index (χ3n) is 3.36. The molecule has 5 nitrogen and oxygen atoms in total. The van der Waals surface area contributed by atoms with E-state index in [1.807, 2.05) is 13.8 Å². The molecular weight excluding hydrogens is 411 g/mol. The molecule has 0 aliphatic rings. The first kappa shape index (κ1) is 19.4. The van der Waals surface area contributed by atoms with Gasteiger partial charge < -0.3 is 5.32 Å². The Hall–Kier alpha value is -1.93. The quantitative estimate of drug-likeness (QED) is 0.759. The molecule has 0 saturated carbocycles. The van der Waals surface area contributed by atoms with Gasteiger partial charge in [0.15, 0.2) is 0 Å². The Morgan fingerprint density at radius 1 is 1.16 bits per heavy atom. The maximum atomic E-state index is 13.9. The number of anilines is 1. The summed E-state index contributed by atoms with van der Waals surface area (Å²) >= 11 is 3.11. The minimum Gasteiger partial charge on any atom is -0.350 e. The molecule has 134 valence electrons. The summed E-state index contributed by atoms with van der Waals surface area (Å²) in [5.41, 5.74) is 0.733. The first-order valence-corrected chi connectivity index (χ1v) is 9.77. The third-order valence-corrected chi connectivity index (χ3v) is 5.22. The van der Waals surface area contributed by atoms with Crippen molar-refractivity contribution >= 4 is 37.5 Å². The van der Waals surface area contributed by atoms with Crippen molar-refractivity contribution in [1.82, 2.24) is 5.32 Å². The number of nitrogens with one attached hydrogen (secondary N) is 2. The van der Waals surface area contributed by atoms with E-state index in [0.29, 0.717) is 10.0 Å². The molecule has 2 aromatic carbocycles. The van der Waals surface area contributed by atoms with E-state index in [0.717, 1.165) is 6.07 Å². The van der Waals surface area contributed by atoms with Crippen molar-refractivity contribution in [3.05, 3.63) is 57.8 Å². The molecule has 8 heteroatoms. The van der Waals surface area contributed by atoms with E-state index >= 15 is 0 Å². The number of carbonyl (C=O) groups is 1. The molecule has 0 aliphatic carbocycles. The molecule has 0 aliphatic heterocycles. The van der Waals surface area contributed by atoms with Crippen molar-refractivity contribution in [2.24, 2.45) is 0 Å². The Bertz CT molecular complexity index is 914. The lowest BCUT2D eigenvalue weighted by atomic mass is 10.1. The Labute approximate surface area is 154 Å². The summed E-state index contributed by atoms with van der Waals surface area (Å²) in [5, 5.41) is 2.72. The molecule has 0 unspecified atom stereocenters. The highest BCUT2D eigenvalue weighted by atomic mass is 79.9. The van der Waals surface area contributed by atoms with Gasteiger partial charge in [-0.3, -0.25) is 9.52 Å². The van der Waals surface area contributed by atoms with Crippen LogP contribution in [0, 0.1) is 12.7 Å². The van der Waals surface area contributed by atoms with Gasteiger partial charge in [-0.25, -0.2) is 12.8 Å². The van der Waals surface area contributed by atoms with Crippen LogP contribution in [0.15, 0.2) is 45.8 Å². The molecule has 0 heterocycles. The van der Waals surface area contributed by atoms with Crippen LogP contribution in [-0.2, 0) is 10.0 Å². The first-order chi connectivity index (χ1) is 11.6. The summed E-state index contributed by atoms with van der Waals surface area (Å²) in [6, 6.07) is 8.13. The summed E-state index contributed by atoms with van der Waals surface area (Å²) in [5.74, 6) is -1.07. The van der Waals surface area contributed by atoms with Gasteiger partial charge in [-0.05, 0) is 56.7 Å². The molecule has 0 aromatic heterocycles. The average molecular weight is 429 g/mol. The van der Waals surface area contributed by atoms with E-state index in [-0.39, 0.29) is 28.1 Å². The fraction of sp³-hybridized carbons (Fsp3) is 0.235. The van der Waals surface area contributed by atoms with Crippen molar-refractivity contribution in [1.29, 1.82) is 0 Å². The zero-order valence-corrected chi connectivity index (χ0v) is 16.3. The van der Waals surface area contributed by atoms with Crippen LogP contribution in [0.2, 0.25) is 0 Å². The fourth-order valence-corrected chi connectivity index (χ4v) is 3.56. The van der Waals surface area contributed by atoms with Crippen molar-refractivity contribution in [3.63, 3.8) is 0 Å². The second-order valence-electron chi connectivity index (χ2n) is 5.83. The van der Waals surface area contributed by atoms with Crippen molar-refractivity contribution in [3.8, 4) is 0 Å². The van der Waals surface area contributed by atoms with Crippen LogP contribution in [0.3, 0.4) is 0 Å². The third kappa shape index (κ3) is 4.79. The first-order valence-electron chi connectivity index (χ1n) is 7.49. The lowest BCUT2D eigenvalue weighted by Gasteiger charge is -2.13. The summed E-state index contributed by atoms with van der Waals surface area (Å²) < 4.78 is 41.6. The molecule has 1 amide bonds. The summed E-state index contributed by atoms with van der Waals surface area (Å²) in [6.07, 6.45) is 0. The molecule has 2 N–H and O–H groups in total. The van der Waals surface area contributed by atoms with Gasteiger partial charge in [-0.15, -0.1) is 0 Å². The van der Waals surface area contributed by atoms with E-state index in [1.165, 1.54) is 24.3 Å². The molecule has 0 fully saturated rings. The molecular formula is C17H18BrFN2O3S. The van der Waals surface area contributed by atoms with Crippen LogP contribution in [-0.4, -0.2) is 20.4 Å². The SMILES string of the molecule is Cc1ccc(S(=O)(=O)Nc2ccc(Br)cc2F)cc1C(=O)NC(C)C. The maximum absolute atomic E-state index is 13.9. The lowest BCUT2D eigenvalue weighted by molar-refractivity contribution is 0.0942. The van der Waals surface area contributed by atoms with Crippen LogP contribution in [0.4, 0.5) is 10.1 Å². The second kappa shape index (κ2) is 7.53. The minimum absolute atomic E-state index is 0.0813. The predicted molar refractivity (Wildman–Crippen MR) is 98.7 cm³/mol. The van der Waals surface area contributed by atoms with Crippen molar-refractivity contribution < 1.29 is 17.6 Å². The number of aryl methyl sites for hydroxylation is 1. The van der Waals surface area contributed by atoms with Gasteiger partial charge in [-0.2, -0.15) is 0 Å². The van der Waals surface area contributed by atoms with Crippen LogP contribution in [0.5, 0.6) is 0 Å². The number of hydrogen-bond acceptors (Lipinski definition) is 3. The van der Waals surface area contributed by atoms with Gasteiger partial charge >= 0.3 is 0 Å². The molecule has 0 bridgehead atoms. The number of benzene rings is 2.